The molecule has 1 unspecified atom stereocenters. The van der Waals surface area contributed by atoms with E-state index in [1.54, 1.807) is 37.3 Å². The highest BCUT2D eigenvalue weighted by Gasteiger charge is 2.18. The molecule has 2 rings (SSSR count). The molecule has 8 heteroatoms. The molecule has 0 spiro atoms. The molecule has 0 aliphatic rings. The van der Waals surface area contributed by atoms with E-state index < -0.39 is 35.3 Å². The Balaban J connectivity index is 1.92. The predicted molar refractivity (Wildman–Crippen MR) is 107 cm³/mol. The lowest BCUT2D eigenvalue weighted by Gasteiger charge is -2.11. The zero-order chi connectivity index (χ0) is 20.7. The van der Waals surface area contributed by atoms with E-state index >= 15 is 0 Å². The van der Waals surface area contributed by atoms with E-state index in [0.29, 0.717) is 16.3 Å². The van der Waals surface area contributed by atoms with Crippen molar-refractivity contribution >= 4 is 34.4 Å². The lowest BCUT2D eigenvalue weighted by Crippen LogP contribution is -2.37. The van der Waals surface area contributed by atoms with E-state index in [1.165, 1.54) is 6.07 Å². The number of carbonyl (C=O) groups excluding carboxylic acids is 3. The van der Waals surface area contributed by atoms with E-state index in [1.807, 2.05) is 19.9 Å². The molecule has 0 fully saturated rings. The van der Waals surface area contributed by atoms with Gasteiger partial charge in [0.1, 0.15) is 0 Å². The number of benzene rings is 2. The molecule has 2 aromatic carbocycles. The quantitative estimate of drug-likeness (QED) is 0.724. The summed E-state index contributed by atoms with van der Waals surface area (Å²) in [4.78, 5) is 36.4. The summed E-state index contributed by atoms with van der Waals surface area (Å²) in [6.07, 6.45) is 0. The minimum atomic E-state index is -1.34. The Bertz CT molecular complexity index is 927. The third kappa shape index (κ3) is 5.50. The number of imide groups is 1. The van der Waals surface area contributed by atoms with Crippen LogP contribution in [0, 0.1) is 13.8 Å². The Hall–Kier alpha value is -3.00. The van der Waals surface area contributed by atoms with Crippen molar-refractivity contribution in [2.24, 2.45) is 0 Å². The van der Waals surface area contributed by atoms with Crippen LogP contribution in [0.5, 0.6) is 0 Å². The molecule has 2 N–H and O–H groups in total. The summed E-state index contributed by atoms with van der Waals surface area (Å²) >= 11 is 0. The Morgan fingerprint density at radius 1 is 1.04 bits per heavy atom. The number of hydrogen-bond donors (Lipinski definition) is 2. The maximum atomic E-state index is 12.2. The first-order valence-corrected chi connectivity index (χ1v) is 9.97. The molecule has 0 aromatic heterocycles. The second-order valence-electron chi connectivity index (χ2n) is 5.96. The summed E-state index contributed by atoms with van der Waals surface area (Å²) in [6.45, 7) is 4.87. The number of hydrogen-bond acceptors (Lipinski definition) is 5. The largest absolute Gasteiger partial charge is 0.452 e. The van der Waals surface area contributed by atoms with Gasteiger partial charge in [0.15, 0.2) is 6.61 Å². The number of anilines is 1. The van der Waals surface area contributed by atoms with E-state index in [0.717, 1.165) is 11.1 Å². The molecule has 2 aromatic rings. The van der Waals surface area contributed by atoms with Gasteiger partial charge in [-0.2, -0.15) is 0 Å². The van der Waals surface area contributed by atoms with Gasteiger partial charge in [0.2, 0.25) is 0 Å². The number of ether oxygens (including phenoxy) is 1. The van der Waals surface area contributed by atoms with Gasteiger partial charge in [-0.3, -0.25) is 14.3 Å². The lowest BCUT2D eigenvalue weighted by atomic mass is 10.1. The number of urea groups is 1. The van der Waals surface area contributed by atoms with Crippen LogP contribution in [0.4, 0.5) is 10.5 Å². The molecule has 0 bridgehead atoms. The minimum absolute atomic E-state index is 0.135. The fourth-order valence-corrected chi connectivity index (χ4v) is 3.34. The first kappa shape index (κ1) is 21.3. The van der Waals surface area contributed by atoms with E-state index in [-0.39, 0.29) is 5.56 Å². The lowest BCUT2D eigenvalue weighted by molar-refractivity contribution is -0.123. The minimum Gasteiger partial charge on any atom is -0.452 e. The normalized spacial score (nSPS) is 11.4. The summed E-state index contributed by atoms with van der Waals surface area (Å²) in [5.41, 5.74) is 2.60. The highest BCUT2D eigenvalue weighted by Crippen LogP contribution is 2.18. The Labute approximate surface area is 165 Å². The van der Waals surface area contributed by atoms with Gasteiger partial charge in [-0.1, -0.05) is 31.2 Å². The van der Waals surface area contributed by atoms with Gasteiger partial charge in [0.25, 0.3) is 5.91 Å². The average Bonchev–Trinajstić information content (AvgIpc) is 2.69. The SMILES string of the molecule is CCS(=O)c1ccccc1C(=O)OCC(=O)NC(=O)Nc1cccc(C)c1C. The zero-order valence-electron chi connectivity index (χ0n) is 15.9. The van der Waals surface area contributed by atoms with Crippen LogP contribution in [0.15, 0.2) is 47.4 Å². The molecular formula is C20H22N2O5S. The molecule has 0 heterocycles. The van der Waals surface area contributed by atoms with Crippen molar-refractivity contribution in [1.29, 1.82) is 0 Å². The van der Waals surface area contributed by atoms with Gasteiger partial charge < -0.3 is 10.1 Å². The maximum Gasteiger partial charge on any atom is 0.339 e. The van der Waals surface area contributed by atoms with E-state index in [4.69, 9.17) is 4.74 Å². The summed E-state index contributed by atoms with van der Waals surface area (Å²) in [5.74, 6) is -1.20. The fourth-order valence-electron chi connectivity index (χ4n) is 2.40. The van der Waals surface area contributed by atoms with Crippen molar-refractivity contribution < 1.29 is 23.3 Å². The molecule has 3 amide bonds. The van der Waals surface area contributed by atoms with Crippen molar-refractivity contribution in [3.8, 4) is 0 Å². The van der Waals surface area contributed by atoms with Crippen LogP contribution >= 0.6 is 0 Å². The van der Waals surface area contributed by atoms with Crippen LogP contribution < -0.4 is 10.6 Å². The number of rotatable bonds is 6. The molecule has 7 nitrogen and oxygen atoms in total. The van der Waals surface area contributed by atoms with Crippen molar-refractivity contribution in [2.75, 3.05) is 17.7 Å². The highest BCUT2D eigenvalue weighted by atomic mass is 32.2. The number of nitrogens with one attached hydrogen (secondary N) is 2. The summed E-state index contributed by atoms with van der Waals surface area (Å²) in [7, 11) is -1.34. The number of carbonyl (C=O) groups is 3. The Kier molecular flexibility index (Phi) is 7.45. The smallest absolute Gasteiger partial charge is 0.339 e. The Morgan fingerprint density at radius 3 is 2.46 bits per heavy atom. The van der Waals surface area contributed by atoms with Crippen LogP contribution in [0.1, 0.15) is 28.4 Å². The number of amides is 3. The van der Waals surface area contributed by atoms with Crippen LogP contribution in [-0.4, -0.2) is 34.5 Å². The number of aryl methyl sites for hydroxylation is 1. The molecule has 0 aliphatic heterocycles. The summed E-state index contributed by atoms with van der Waals surface area (Å²) < 4.78 is 17.0. The number of esters is 1. The van der Waals surface area contributed by atoms with E-state index in [2.05, 4.69) is 10.6 Å². The van der Waals surface area contributed by atoms with Gasteiger partial charge in [-0.05, 0) is 43.2 Å². The molecule has 0 saturated heterocycles. The van der Waals surface area contributed by atoms with Crippen molar-refractivity contribution in [3.05, 3.63) is 59.2 Å². The van der Waals surface area contributed by atoms with Gasteiger partial charge in [-0.25, -0.2) is 9.59 Å². The second-order valence-corrected chi connectivity index (χ2v) is 7.66. The van der Waals surface area contributed by atoms with Gasteiger partial charge in [0.05, 0.1) is 21.3 Å². The van der Waals surface area contributed by atoms with Gasteiger partial charge in [-0.15, -0.1) is 0 Å². The molecular weight excluding hydrogens is 380 g/mol. The van der Waals surface area contributed by atoms with Gasteiger partial charge >= 0.3 is 12.0 Å². The monoisotopic (exact) mass is 402 g/mol. The second kappa shape index (κ2) is 9.80. The summed E-state index contributed by atoms with van der Waals surface area (Å²) in [6, 6.07) is 11.0. The molecule has 28 heavy (non-hydrogen) atoms. The molecule has 0 radical (unpaired) electrons. The zero-order valence-corrected chi connectivity index (χ0v) is 16.7. The van der Waals surface area contributed by atoms with Crippen LogP contribution in [0.25, 0.3) is 0 Å². The topological polar surface area (TPSA) is 102 Å². The van der Waals surface area contributed by atoms with Crippen LogP contribution in [0.2, 0.25) is 0 Å². The average molecular weight is 402 g/mol. The highest BCUT2D eigenvalue weighted by molar-refractivity contribution is 7.85. The van der Waals surface area contributed by atoms with Crippen LogP contribution in [-0.2, 0) is 20.3 Å². The van der Waals surface area contributed by atoms with Crippen molar-refractivity contribution in [1.82, 2.24) is 5.32 Å². The standard InChI is InChI=1S/C20H22N2O5S/c1-4-28(26)17-11-6-5-9-15(17)19(24)27-12-18(23)22-20(25)21-16-10-7-8-13(2)14(16)3/h5-11H,4,12H2,1-3H3,(H2,21,22,23,25). The molecule has 0 aliphatic carbocycles. The first-order valence-electron chi connectivity index (χ1n) is 8.65. The van der Waals surface area contributed by atoms with Crippen molar-refractivity contribution in [3.63, 3.8) is 0 Å². The van der Waals surface area contributed by atoms with Gasteiger partial charge in [0, 0.05) is 11.4 Å². The van der Waals surface area contributed by atoms with E-state index in [9.17, 15) is 18.6 Å². The molecule has 148 valence electrons. The summed E-state index contributed by atoms with van der Waals surface area (Å²) in [5, 5.41) is 4.69. The third-order valence-corrected chi connectivity index (χ3v) is 5.43. The third-order valence-electron chi connectivity index (χ3n) is 4.05. The Morgan fingerprint density at radius 2 is 1.75 bits per heavy atom. The first-order chi connectivity index (χ1) is 13.3. The molecule has 1 atom stereocenters. The molecule has 0 saturated carbocycles. The predicted octanol–water partition coefficient (Wildman–Crippen LogP) is 2.94. The van der Waals surface area contributed by atoms with Crippen molar-refractivity contribution in [2.45, 2.75) is 25.7 Å². The van der Waals surface area contributed by atoms with Crippen LogP contribution in [0.3, 0.4) is 0 Å². The fraction of sp³-hybridized carbons (Fsp3) is 0.250. The maximum absolute atomic E-state index is 12.2.